The van der Waals surface area contributed by atoms with Crippen molar-refractivity contribution in [2.75, 3.05) is 20.3 Å². The van der Waals surface area contributed by atoms with Gasteiger partial charge in [-0.3, -0.25) is 5.10 Å². The van der Waals surface area contributed by atoms with Gasteiger partial charge in [0.15, 0.2) is 17.3 Å². The minimum Gasteiger partial charge on any atom is -0.488 e. The first-order valence-corrected chi connectivity index (χ1v) is 8.84. The highest BCUT2D eigenvalue weighted by atomic mass is 32.1. The Bertz CT molecular complexity index is 1150. The third-order valence-corrected chi connectivity index (χ3v) is 4.85. The monoisotopic (exact) mass is 404 g/mol. The van der Waals surface area contributed by atoms with Crippen molar-refractivity contribution in [1.82, 2.24) is 20.3 Å². The first-order valence-electron chi connectivity index (χ1n) is 8.02. The smallest absolute Gasteiger partial charge is 0.347 e. The summed E-state index contributed by atoms with van der Waals surface area (Å²) in [5.41, 5.74) is 1.29. The molecule has 0 radical (unpaired) electrons. The number of carbonyl (C=O) groups is 1. The fourth-order valence-electron chi connectivity index (χ4n) is 2.53. The van der Waals surface area contributed by atoms with Gasteiger partial charge in [0, 0.05) is 24.6 Å². The minimum atomic E-state index is -1.07. The van der Waals surface area contributed by atoms with Gasteiger partial charge in [-0.1, -0.05) is 5.16 Å². The van der Waals surface area contributed by atoms with Crippen LogP contribution in [0.3, 0.4) is 0 Å². The molecule has 9 nitrogen and oxygen atoms in total. The molecule has 28 heavy (non-hydrogen) atoms. The molecule has 0 bridgehead atoms. The number of carboxylic acid groups (broad SMARTS) is 1. The van der Waals surface area contributed by atoms with Crippen molar-refractivity contribution < 1.29 is 28.3 Å². The van der Waals surface area contributed by atoms with Crippen molar-refractivity contribution in [3.63, 3.8) is 0 Å². The Kier molecular flexibility index (Phi) is 4.75. The molecule has 4 rings (SSSR count). The van der Waals surface area contributed by atoms with Crippen LogP contribution in [0, 0.1) is 5.82 Å². The van der Waals surface area contributed by atoms with Gasteiger partial charge >= 0.3 is 5.97 Å². The van der Waals surface area contributed by atoms with Crippen molar-refractivity contribution in [2.24, 2.45) is 0 Å². The summed E-state index contributed by atoms with van der Waals surface area (Å²) in [4.78, 5) is 15.1. The molecule has 0 fully saturated rings. The molecule has 1 aromatic carbocycles. The number of carboxylic acids is 1. The largest absolute Gasteiger partial charge is 0.488 e. The summed E-state index contributed by atoms with van der Waals surface area (Å²) < 4.78 is 29.9. The zero-order chi connectivity index (χ0) is 19.7. The van der Waals surface area contributed by atoms with E-state index in [2.05, 4.69) is 20.3 Å². The van der Waals surface area contributed by atoms with Crippen molar-refractivity contribution in [2.45, 2.75) is 0 Å². The Labute approximate surface area is 160 Å². The average Bonchev–Trinajstić information content (AvgIpc) is 3.40. The molecule has 0 unspecified atom stereocenters. The van der Waals surface area contributed by atoms with Crippen molar-refractivity contribution in [3.05, 3.63) is 35.1 Å². The highest BCUT2D eigenvalue weighted by Crippen LogP contribution is 2.33. The van der Waals surface area contributed by atoms with E-state index in [1.54, 1.807) is 6.07 Å². The number of H-pyrrole nitrogens is 1. The molecule has 2 N–H and O–H groups in total. The SMILES string of the molecule is COCCOc1cc2[nH]nc(-c3cc(-c4ncc(C(=O)O)s4)no3)c2cc1F. The van der Waals surface area contributed by atoms with Gasteiger partial charge in [0.2, 0.25) is 0 Å². The van der Waals surface area contributed by atoms with Gasteiger partial charge < -0.3 is 19.1 Å². The van der Waals surface area contributed by atoms with E-state index >= 15 is 0 Å². The second-order valence-electron chi connectivity index (χ2n) is 5.65. The lowest BCUT2D eigenvalue weighted by atomic mass is 10.1. The highest BCUT2D eigenvalue weighted by molar-refractivity contribution is 7.16. The fourth-order valence-corrected chi connectivity index (χ4v) is 3.24. The van der Waals surface area contributed by atoms with Crippen LogP contribution in [-0.2, 0) is 4.74 Å². The molecule has 3 aromatic heterocycles. The fraction of sp³-hybridized carbons (Fsp3) is 0.176. The van der Waals surface area contributed by atoms with E-state index in [4.69, 9.17) is 19.1 Å². The maximum atomic E-state index is 14.4. The molecule has 11 heteroatoms. The van der Waals surface area contributed by atoms with Crippen LogP contribution in [-0.4, -0.2) is 51.7 Å². The van der Waals surface area contributed by atoms with E-state index in [1.807, 2.05) is 0 Å². The minimum absolute atomic E-state index is 0.0852. The molecular formula is C17H13FN4O5S. The van der Waals surface area contributed by atoms with Crippen LogP contribution in [0.25, 0.3) is 33.1 Å². The normalized spacial score (nSPS) is 11.2. The van der Waals surface area contributed by atoms with Gasteiger partial charge in [-0.05, 0) is 6.07 Å². The third kappa shape index (κ3) is 3.32. The summed E-state index contributed by atoms with van der Waals surface area (Å²) in [6.07, 6.45) is 1.25. The number of ether oxygens (including phenoxy) is 2. The van der Waals surface area contributed by atoms with Crippen LogP contribution in [0.4, 0.5) is 4.39 Å². The number of benzene rings is 1. The van der Waals surface area contributed by atoms with Crippen LogP contribution in [0.5, 0.6) is 5.75 Å². The first kappa shape index (κ1) is 18.1. The lowest BCUT2D eigenvalue weighted by Gasteiger charge is -2.06. The topological polar surface area (TPSA) is 123 Å². The van der Waals surface area contributed by atoms with E-state index in [0.717, 1.165) is 11.3 Å². The molecular weight excluding hydrogens is 391 g/mol. The van der Waals surface area contributed by atoms with E-state index in [9.17, 15) is 9.18 Å². The van der Waals surface area contributed by atoms with Crippen LogP contribution >= 0.6 is 11.3 Å². The number of rotatable bonds is 7. The number of fused-ring (bicyclic) bond motifs is 1. The molecule has 0 aliphatic rings. The third-order valence-electron chi connectivity index (χ3n) is 3.84. The van der Waals surface area contributed by atoms with Gasteiger partial charge in [-0.2, -0.15) is 5.10 Å². The molecule has 0 saturated carbocycles. The van der Waals surface area contributed by atoms with Crippen molar-refractivity contribution in [3.8, 4) is 27.9 Å². The number of nitrogens with zero attached hydrogens (tertiary/aromatic N) is 3. The standard InChI is InChI=1S/C17H13FN4O5S/c1-25-2-3-26-12-5-10-8(4-9(12)18)15(21-20-10)13-6-11(22-27-13)16-19-7-14(28-16)17(23)24/h4-7H,2-3H2,1H3,(H,20,21)(H,23,24). The van der Waals surface area contributed by atoms with Crippen molar-refractivity contribution >= 4 is 28.2 Å². The van der Waals surface area contributed by atoms with E-state index < -0.39 is 11.8 Å². The second kappa shape index (κ2) is 7.37. The number of hydrogen-bond acceptors (Lipinski definition) is 8. The zero-order valence-corrected chi connectivity index (χ0v) is 15.2. The van der Waals surface area contributed by atoms with E-state index in [0.29, 0.717) is 39.7 Å². The van der Waals surface area contributed by atoms with Gasteiger partial charge in [-0.25, -0.2) is 14.2 Å². The van der Waals surface area contributed by atoms with Crippen LogP contribution in [0.1, 0.15) is 9.67 Å². The summed E-state index contributed by atoms with van der Waals surface area (Å²) in [6.45, 7) is 0.560. The molecule has 0 aliphatic carbocycles. The lowest BCUT2D eigenvalue weighted by Crippen LogP contribution is -2.05. The number of methoxy groups -OCH3 is 1. The van der Waals surface area contributed by atoms with Gasteiger partial charge in [0.25, 0.3) is 0 Å². The molecule has 0 amide bonds. The Morgan fingerprint density at radius 3 is 2.96 bits per heavy atom. The van der Waals surface area contributed by atoms with Gasteiger partial charge in [0.05, 0.1) is 18.3 Å². The number of aromatic nitrogens is 4. The maximum Gasteiger partial charge on any atom is 0.347 e. The number of thiazole rings is 1. The second-order valence-corrected chi connectivity index (χ2v) is 6.68. The Balaban J connectivity index is 1.65. The van der Waals surface area contributed by atoms with Crippen LogP contribution in [0.15, 0.2) is 28.9 Å². The number of aromatic carboxylic acids is 1. The number of nitrogens with one attached hydrogen (secondary N) is 1. The lowest BCUT2D eigenvalue weighted by molar-refractivity contribution is 0.0702. The molecule has 0 aliphatic heterocycles. The van der Waals surface area contributed by atoms with Crippen LogP contribution < -0.4 is 4.74 Å². The maximum absolute atomic E-state index is 14.4. The highest BCUT2D eigenvalue weighted by Gasteiger charge is 2.19. The predicted molar refractivity (Wildman–Crippen MR) is 97.0 cm³/mol. The quantitative estimate of drug-likeness (QED) is 0.450. The molecule has 0 saturated heterocycles. The molecule has 144 valence electrons. The first-order chi connectivity index (χ1) is 13.6. The Morgan fingerprint density at radius 2 is 2.21 bits per heavy atom. The summed E-state index contributed by atoms with van der Waals surface area (Å²) in [7, 11) is 1.53. The average molecular weight is 404 g/mol. The zero-order valence-electron chi connectivity index (χ0n) is 14.4. The van der Waals surface area contributed by atoms with Crippen LogP contribution in [0.2, 0.25) is 0 Å². The summed E-state index contributed by atoms with van der Waals surface area (Å²) in [5.74, 6) is -1.23. The summed E-state index contributed by atoms with van der Waals surface area (Å²) in [5, 5.41) is 20.8. The summed E-state index contributed by atoms with van der Waals surface area (Å²) >= 11 is 0.974. The number of aromatic amines is 1. The molecule has 0 spiro atoms. The number of halogens is 1. The van der Waals surface area contributed by atoms with Crippen molar-refractivity contribution in [1.29, 1.82) is 0 Å². The van der Waals surface area contributed by atoms with Gasteiger partial charge in [-0.15, -0.1) is 11.3 Å². The Hall–Kier alpha value is -3.31. The molecule has 3 heterocycles. The van der Waals surface area contributed by atoms with Gasteiger partial charge in [0.1, 0.15) is 27.9 Å². The van der Waals surface area contributed by atoms with E-state index in [-0.39, 0.29) is 17.2 Å². The number of hydrogen-bond donors (Lipinski definition) is 2. The predicted octanol–water partition coefficient (Wildman–Crippen LogP) is 3.20. The molecule has 4 aromatic rings. The summed E-state index contributed by atoms with van der Waals surface area (Å²) in [6, 6.07) is 4.37. The Morgan fingerprint density at radius 1 is 1.36 bits per heavy atom. The molecule has 0 atom stereocenters. The van der Waals surface area contributed by atoms with E-state index in [1.165, 1.54) is 25.4 Å².